The lowest BCUT2D eigenvalue weighted by atomic mass is 10.1. The van der Waals surface area contributed by atoms with Crippen molar-refractivity contribution in [3.05, 3.63) is 59.7 Å². The second kappa shape index (κ2) is 12.0. The van der Waals surface area contributed by atoms with Gasteiger partial charge in [0.25, 0.3) is 0 Å². The van der Waals surface area contributed by atoms with Gasteiger partial charge in [0.05, 0.1) is 18.6 Å². The van der Waals surface area contributed by atoms with E-state index < -0.39 is 28.5 Å². The number of carbonyl (C=O) groups is 2. The Morgan fingerprint density at radius 1 is 1.09 bits per heavy atom. The highest BCUT2D eigenvalue weighted by molar-refractivity contribution is 7.89. The lowest BCUT2D eigenvalue weighted by Crippen LogP contribution is -2.52. The summed E-state index contributed by atoms with van der Waals surface area (Å²) in [5, 5.41) is 2.86. The monoisotopic (exact) mass is 489 g/mol. The molecular weight excluding hydrogens is 454 g/mol. The van der Waals surface area contributed by atoms with Gasteiger partial charge < -0.3 is 15.0 Å². The average molecular weight is 490 g/mol. The first-order valence-corrected chi connectivity index (χ1v) is 12.7. The van der Waals surface area contributed by atoms with Crippen molar-refractivity contribution in [1.29, 1.82) is 0 Å². The lowest BCUT2D eigenvalue weighted by molar-refractivity contribution is -0.141. The van der Waals surface area contributed by atoms with E-state index in [0.717, 1.165) is 15.4 Å². The summed E-state index contributed by atoms with van der Waals surface area (Å²) in [5.41, 5.74) is 1.71. The van der Waals surface area contributed by atoms with Crippen molar-refractivity contribution < 1.29 is 22.7 Å². The number of rotatable bonds is 11. The topological polar surface area (TPSA) is 96.0 Å². The van der Waals surface area contributed by atoms with E-state index in [9.17, 15) is 18.0 Å². The molecule has 0 heterocycles. The zero-order chi connectivity index (χ0) is 25.5. The maximum absolute atomic E-state index is 13.4. The Hall–Kier alpha value is -2.91. The van der Waals surface area contributed by atoms with E-state index in [2.05, 4.69) is 5.32 Å². The maximum atomic E-state index is 13.4. The van der Waals surface area contributed by atoms with E-state index in [1.165, 1.54) is 24.1 Å². The van der Waals surface area contributed by atoms with E-state index in [1.807, 2.05) is 33.8 Å². The lowest BCUT2D eigenvalue weighted by Gasteiger charge is -2.32. The minimum absolute atomic E-state index is 0.0973. The van der Waals surface area contributed by atoms with Gasteiger partial charge in [-0.25, -0.2) is 8.42 Å². The molecule has 0 unspecified atom stereocenters. The Balaban J connectivity index is 2.34. The number of aryl methyl sites for hydroxylation is 1. The Kier molecular flexibility index (Phi) is 9.64. The summed E-state index contributed by atoms with van der Waals surface area (Å²) >= 11 is 0. The first-order valence-electron chi connectivity index (χ1n) is 11.2. The number of hydrogen-bond acceptors (Lipinski definition) is 5. The molecule has 8 nitrogen and oxygen atoms in total. The third-order valence-electron chi connectivity index (χ3n) is 5.39. The van der Waals surface area contributed by atoms with Crippen LogP contribution < -0.4 is 10.1 Å². The van der Waals surface area contributed by atoms with Crippen molar-refractivity contribution in [2.24, 2.45) is 0 Å². The van der Waals surface area contributed by atoms with Gasteiger partial charge in [0, 0.05) is 19.6 Å². The van der Waals surface area contributed by atoms with Crippen LogP contribution in [0.1, 0.15) is 38.3 Å². The van der Waals surface area contributed by atoms with Gasteiger partial charge >= 0.3 is 0 Å². The number of benzene rings is 2. The van der Waals surface area contributed by atoms with Crippen LogP contribution in [0.4, 0.5) is 0 Å². The zero-order valence-electron chi connectivity index (χ0n) is 20.7. The fraction of sp³-hybridized carbons (Fsp3) is 0.440. The van der Waals surface area contributed by atoms with E-state index in [4.69, 9.17) is 4.74 Å². The predicted molar refractivity (Wildman–Crippen MR) is 132 cm³/mol. The first-order chi connectivity index (χ1) is 16.0. The number of methoxy groups -OCH3 is 1. The molecule has 0 aliphatic heterocycles. The molecule has 0 radical (unpaired) electrons. The number of nitrogens with zero attached hydrogens (tertiary/aromatic N) is 2. The second-order valence-corrected chi connectivity index (χ2v) is 10.6. The molecule has 2 aromatic carbocycles. The van der Waals surface area contributed by atoms with Crippen LogP contribution in [0.25, 0.3) is 0 Å². The zero-order valence-corrected chi connectivity index (χ0v) is 21.6. The number of amides is 2. The molecule has 1 N–H and O–H groups in total. The minimum Gasteiger partial charge on any atom is -0.497 e. The summed E-state index contributed by atoms with van der Waals surface area (Å²) in [4.78, 5) is 27.9. The van der Waals surface area contributed by atoms with Crippen LogP contribution in [-0.4, -0.2) is 62.2 Å². The number of nitrogens with one attached hydrogen (secondary N) is 1. The summed E-state index contributed by atoms with van der Waals surface area (Å²) < 4.78 is 32.3. The van der Waals surface area contributed by atoms with Gasteiger partial charge in [-0.1, -0.05) is 36.8 Å². The molecule has 2 amide bonds. The highest BCUT2D eigenvalue weighted by Gasteiger charge is 2.32. The van der Waals surface area contributed by atoms with E-state index in [0.29, 0.717) is 12.2 Å². The molecule has 2 aromatic rings. The van der Waals surface area contributed by atoms with Gasteiger partial charge in [0.15, 0.2) is 0 Å². The number of carbonyl (C=O) groups excluding carboxylic acids is 2. The van der Waals surface area contributed by atoms with Crippen LogP contribution in [0.3, 0.4) is 0 Å². The van der Waals surface area contributed by atoms with Crippen molar-refractivity contribution in [1.82, 2.24) is 14.5 Å². The van der Waals surface area contributed by atoms with E-state index >= 15 is 0 Å². The number of ether oxygens (including phenoxy) is 1. The summed E-state index contributed by atoms with van der Waals surface area (Å²) in [6.45, 7) is 7.13. The molecule has 186 valence electrons. The molecule has 9 heteroatoms. The van der Waals surface area contributed by atoms with E-state index in [1.54, 1.807) is 37.4 Å². The van der Waals surface area contributed by atoms with Crippen LogP contribution in [0.5, 0.6) is 5.75 Å². The molecule has 0 aromatic heterocycles. The Bertz CT molecular complexity index is 1080. The molecular formula is C25H35N3O5S. The van der Waals surface area contributed by atoms with Gasteiger partial charge in [-0.2, -0.15) is 4.31 Å². The molecule has 0 fully saturated rings. The molecule has 34 heavy (non-hydrogen) atoms. The van der Waals surface area contributed by atoms with E-state index in [-0.39, 0.29) is 23.4 Å². The molecule has 1 atom stereocenters. The quantitative estimate of drug-likeness (QED) is 0.524. The molecule has 0 bridgehead atoms. The van der Waals surface area contributed by atoms with Crippen LogP contribution in [0, 0.1) is 6.92 Å². The van der Waals surface area contributed by atoms with Gasteiger partial charge in [-0.15, -0.1) is 0 Å². The normalized spacial score (nSPS) is 12.5. The van der Waals surface area contributed by atoms with Crippen LogP contribution in [0.2, 0.25) is 0 Å². The summed E-state index contributed by atoms with van der Waals surface area (Å²) in [7, 11) is -0.954. The second-order valence-electron chi connectivity index (χ2n) is 8.53. The molecule has 0 aliphatic carbocycles. The van der Waals surface area contributed by atoms with Crippen molar-refractivity contribution >= 4 is 21.8 Å². The molecule has 0 aliphatic rings. The highest BCUT2D eigenvalue weighted by atomic mass is 32.2. The SMILES string of the molecule is CC[C@@H](C(=O)NC(C)C)N(Cc1cccc(OC)c1)C(=O)CN(C)S(=O)(=O)c1ccc(C)cc1. The highest BCUT2D eigenvalue weighted by Crippen LogP contribution is 2.19. The maximum Gasteiger partial charge on any atom is 0.243 e. The van der Waals surface area contributed by atoms with Gasteiger partial charge in [0.2, 0.25) is 21.8 Å². The standard InChI is InChI=1S/C25H35N3O5S/c1-7-23(25(30)26-18(2)3)28(16-20-9-8-10-21(15-20)33-6)24(29)17-27(5)34(31,32)22-13-11-19(4)12-14-22/h8-15,18,23H,7,16-17H2,1-6H3,(H,26,30)/t23-/m0/s1. The summed E-state index contributed by atoms with van der Waals surface area (Å²) in [6, 6.07) is 12.8. The van der Waals surface area contributed by atoms with Gasteiger partial charge in [-0.3, -0.25) is 9.59 Å². The Morgan fingerprint density at radius 2 is 1.74 bits per heavy atom. The van der Waals surface area contributed by atoms with Gasteiger partial charge in [-0.05, 0) is 57.0 Å². The number of sulfonamides is 1. The predicted octanol–water partition coefficient (Wildman–Crippen LogP) is 2.96. The third kappa shape index (κ3) is 7.04. The van der Waals surface area contributed by atoms with Crippen molar-refractivity contribution in [3.63, 3.8) is 0 Å². The van der Waals surface area contributed by atoms with Crippen molar-refractivity contribution in [3.8, 4) is 5.75 Å². The van der Waals surface area contributed by atoms with Crippen LogP contribution >= 0.6 is 0 Å². The molecule has 0 saturated heterocycles. The van der Waals surface area contributed by atoms with Crippen molar-refractivity contribution in [2.45, 2.75) is 57.6 Å². The third-order valence-corrected chi connectivity index (χ3v) is 7.21. The fourth-order valence-corrected chi connectivity index (χ4v) is 4.64. The van der Waals surface area contributed by atoms with Crippen LogP contribution in [-0.2, 0) is 26.2 Å². The van der Waals surface area contributed by atoms with Gasteiger partial charge in [0.1, 0.15) is 11.8 Å². The summed E-state index contributed by atoms with van der Waals surface area (Å²) in [5.74, 6) is -0.117. The molecule has 2 rings (SSSR count). The Labute approximate surface area is 202 Å². The largest absolute Gasteiger partial charge is 0.497 e. The molecule has 0 saturated carbocycles. The fourth-order valence-electron chi connectivity index (χ4n) is 3.52. The van der Waals surface area contributed by atoms with Crippen LogP contribution in [0.15, 0.2) is 53.4 Å². The number of hydrogen-bond donors (Lipinski definition) is 1. The summed E-state index contributed by atoms with van der Waals surface area (Å²) in [6.07, 6.45) is 0.378. The number of likely N-dealkylation sites (N-methyl/N-ethyl adjacent to an activating group) is 1. The first kappa shape index (κ1) is 27.3. The Morgan fingerprint density at radius 3 is 2.29 bits per heavy atom. The minimum atomic E-state index is -3.87. The average Bonchev–Trinajstić information content (AvgIpc) is 2.78. The smallest absolute Gasteiger partial charge is 0.243 e. The van der Waals surface area contributed by atoms with Crippen molar-refractivity contribution in [2.75, 3.05) is 20.7 Å². The molecule has 0 spiro atoms.